The molecule has 0 aromatic carbocycles. The Labute approximate surface area is 184 Å². The van der Waals surface area contributed by atoms with E-state index in [2.05, 4.69) is 22.7 Å². The van der Waals surface area contributed by atoms with Gasteiger partial charge in [-0.05, 0) is 50.5 Å². The van der Waals surface area contributed by atoms with E-state index in [1.807, 2.05) is 32.9 Å². The standard InChI is InChI=1S/C23H31N3O4S/c1-7-16(14-29-5)26-13-15(4)22-20(26)11-10-19(24-22)17-12-21(31(6,27)28)18(8-2)25-23(17)30-9-3/h10-13,16H,7-9,14H2,1-6H3/t16-/m1/s1. The maximum atomic E-state index is 12.4. The normalized spacial score (nSPS) is 13.0. The van der Waals surface area contributed by atoms with Crippen molar-refractivity contribution in [2.75, 3.05) is 26.6 Å². The molecule has 7 nitrogen and oxygen atoms in total. The molecule has 31 heavy (non-hydrogen) atoms. The highest BCUT2D eigenvalue weighted by atomic mass is 32.2. The number of pyridine rings is 2. The Morgan fingerprint density at radius 2 is 1.90 bits per heavy atom. The van der Waals surface area contributed by atoms with Gasteiger partial charge in [0, 0.05) is 19.6 Å². The lowest BCUT2D eigenvalue weighted by atomic mass is 10.1. The Morgan fingerprint density at radius 3 is 2.48 bits per heavy atom. The quantitative estimate of drug-likeness (QED) is 0.486. The monoisotopic (exact) mass is 445 g/mol. The molecule has 0 aliphatic heterocycles. The first-order valence-electron chi connectivity index (χ1n) is 10.6. The van der Waals surface area contributed by atoms with Gasteiger partial charge in [0.15, 0.2) is 9.84 Å². The van der Waals surface area contributed by atoms with Gasteiger partial charge in [-0.25, -0.2) is 18.4 Å². The lowest BCUT2D eigenvalue weighted by molar-refractivity contribution is 0.155. The molecule has 0 unspecified atom stereocenters. The number of aryl methyl sites for hydroxylation is 2. The van der Waals surface area contributed by atoms with Crippen molar-refractivity contribution in [2.45, 2.75) is 51.5 Å². The first kappa shape index (κ1) is 23.2. The average molecular weight is 446 g/mol. The van der Waals surface area contributed by atoms with E-state index in [0.717, 1.165) is 23.0 Å². The minimum absolute atomic E-state index is 0.218. The summed E-state index contributed by atoms with van der Waals surface area (Å²) in [6.45, 7) is 8.97. The fourth-order valence-electron chi connectivity index (χ4n) is 3.85. The second kappa shape index (κ2) is 9.36. The zero-order valence-corrected chi connectivity index (χ0v) is 19.9. The van der Waals surface area contributed by atoms with Crippen molar-refractivity contribution >= 4 is 20.9 Å². The van der Waals surface area contributed by atoms with Crippen molar-refractivity contribution in [3.8, 4) is 17.1 Å². The summed E-state index contributed by atoms with van der Waals surface area (Å²) in [5, 5.41) is 0. The summed E-state index contributed by atoms with van der Waals surface area (Å²) in [7, 11) is -1.73. The molecule has 0 bridgehead atoms. The molecule has 3 aromatic rings. The van der Waals surface area contributed by atoms with Gasteiger partial charge in [0.05, 0.1) is 52.1 Å². The summed E-state index contributed by atoms with van der Waals surface area (Å²) < 4.78 is 38.1. The van der Waals surface area contributed by atoms with Gasteiger partial charge in [0.2, 0.25) is 5.88 Å². The van der Waals surface area contributed by atoms with E-state index < -0.39 is 9.84 Å². The van der Waals surface area contributed by atoms with Crippen molar-refractivity contribution in [2.24, 2.45) is 0 Å². The van der Waals surface area contributed by atoms with Crippen LogP contribution in [0.5, 0.6) is 5.88 Å². The molecule has 0 radical (unpaired) electrons. The second-order valence-corrected chi connectivity index (χ2v) is 9.63. The number of fused-ring (bicyclic) bond motifs is 1. The second-order valence-electron chi connectivity index (χ2n) is 7.65. The third kappa shape index (κ3) is 4.60. The highest BCUT2D eigenvalue weighted by Crippen LogP contribution is 2.34. The zero-order valence-electron chi connectivity index (χ0n) is 19.1. The Bertz CT molecular complexity index is 1190. The summed E-state index contributed by atoms with van der Waals surface area (Å²) in [6, 6.07) is 5.78. The summed E-state index contributed by atoms with van der Waals surface area (Å²) in [4.78, 5) is 9.64. The van der Waals surface area contributed by atoms with E-state index in [4.69, 9.17) is 14.5 Å². The summed E-state index contributed by atoms with van der Waals surface area (Å²) >= 11 is 0. The van der Waals surface area contributed by atoms with Crippen LogP contribution in [0.25, 0.3) is 22.3 Å². The van der Waals surface area contributed by atoms with E-state index in [-0.39, 0.29) is 10.9 Å². The van der Waals surface area contributed by atoms with Gasteiger partial charge in [0.1, 0.15) is 0 Å². The minimum atomic E-state index is -3.44. The van der Waals surface area contributed by atoms with Crippen molar-refractivity contribution in [3.05, 3.63) is 35.7 Å². The van der Waals surface area contributed by atoms with Gasteiger partial charge < -0.3 is 14.0 Å². The van der Waals surface area contributed by atoms with Crippen LogP contribution in [0.15, 0.2) is 29.3 Å². The lowest BCUT2D eigenvalue weighted by Gasteiger charge is -2.17. The molecule has 0 amide bonds. The molecule has 0 fully saturated rings. The topological polar surface area (TPSA) is 83.3 Å². The Morgan fingerprint density at radius 1 is 1.16 bits per heavy atom. The zero-order chi connectivity index (χ0) is 22.8. The number of aromatic nitrogens is 3. The largest absolute Gasteiger partial charge is 0.477 e. The smallest absolute Gasteiger partial charge is 0.223 e. The number of hydrogen-bond donors (Lipinski definition) is 0. The molecule has 0 saturated heterocycles. The summed E-state index contributed by atoms with van der Waals surface area (Å²) in [5.41, 5.74) is 4.66. The first-order valence-corrected chi connectivity index (χ1v) is 12.5. The van der Waals surface area contributed by atoms with Crippen LogP contribution in [0.1, 0.15) is 44.5 Å². The molecule has 0 N–H and O–H groups in total. The molecule has 1 atom stereocenters. The molecule has 0 spiro atoms. The van der Waals surface area contributed by atoms with E-state index in [1.54, 1.807) is 13.2 Å². The van der Waals surface area contributed by atoms with Crippen LogP contribution in [0.4, 0.5) is 0 Å². The fourth-order valence-corrected chi connectivity index (χ4v) is 4.80. The molecule has 3 aromatic heterocycles. The van der Waals surface area contributed by atoms with E-state index in [0.29, 0.717) is 42.5 Å². The third-order valence-electron chi connectivity index (χ3n) is 5.40. The number of hydrogen-bond acceptors (Lipinski definition) is 6. The van der Waals surface area contributed by atoms with Crippen LogP contribution >= 0.6 is 0 Å². The molecule has 0 saturated carbocycles. The van der Waals surface area contributed by atoms with Crippen molar-refractivity contribution in [1.82, 2.24) is 14.5 Å². The highest BCUT2D eigenvalue weighted by molar-refractivity contribution is 7.90. The Balaban J connectivity index is 2.22. The van der Waals surface area contributed by atoms with Gasteiger partial charge in [-0.1, -0.05) is 13.8 Å². The van der Waals surface area contributed by atoms with Crippen molar-refractivity contribution in [1.29, 1.82) is 0 Å². The number of sulfone groups is 1. The molecule has 0 aliphatic rings. The van der Waals surface area contributed by atoms with E-state index in [1.165, 1.54) is 6.26 Å². The van der Waals surface area contributed by atoms with Gasteiger partial charge in [-0.2, -0.15) is 0 Å². The van der Waals surface area contributed by atoms with Gasteiger partial charge in [-0.15, -0.1) is 0 Å². The van der Waals surface area contributed by atoms with Crippen molar-refractivity contribution < 1.29 is 17.9 Å². The van der Waals surface area contributed by atoms with E-state index in [9.17, 15) is 8.42 Å². The molecule has 8 heteroatoms. The number of ether oxygens (including phenoxy) is 2. The number of rotatable bonds is 9. The summed E-state index contributed by atoms with van der Waals surface area (Å²) in [5.74, 6) is 0.404. The molecular formula is C23H31N3O4S. The van der Waals surface area contributed by atoms with Gasteiger partial charge >= 0.3 is 0 Å². The SMILES string of the molecule is CCOc1nc(CC)c(S(C)(=O)=O)cc1-c1ccc2c(n1)c(C)cn2[C@H](CC)COC. The van der Waals surface area contributed by atoms with Crippen LogP contribution in [-0.2, 0) is 21.0 Å². The molecule has 0 aliphatic carbocycles. The Kier molecular flexibility index (Phi) is 7.01. The van der Waals surface area contributed by atoms with Crippen LogP contribution in [0.3, 0.4) is 0 Å². The maximum Gasteiger partial charge on any atom is 0.223 e. The van der Waals surface area contributed by atoms with Gasteiger partial charge in [0.25, 0.3) is 0 Å². The van der Waals surface area contributed by atoms with Crippen LogP contribution < -0.4 is 4.74 Å². The van der Waals surface area contributed by atoms with Crippen LogP contribution in [0.2, 0.25) is 0 Å². The van der Waals surface area contributed by atoms with Crippen LogP contribution in [0, 0.1) is 6.92 Å². The summed E-state index contributed by atoms with van der Waals surface area (Å²) in [6.07, 6.45) is 4.73. The average Bonchev–Trinajstić information content (AvgIpc) is 3.06. The van der Waals surface area contributed by atoms with Gasteiger partial charge in [-0.3, -0.25) is 0 Å². The molecule has 3 rings (SSSR count). The Hall–Kier alpha value is -2.45. The van der Waals surface area contributed by atoms with E-state index >= 15 is 0 Å². The fraction of sp³-hybridized carbons (Fsp3) is 0.478. The highest BCUT2D eigenvalue weighted by Gasteiger charge is 2.22. The predicted octanol–water partition coefficient (Wildman–Crippen LogP) is 4.37. The maximum absolute atomic E-state index is 12.4. The molecule has 168 valence electrons. The predicted molar refractivity (Wildman–Crippen MR) is 123 cm³/mol. The molecular weight excluding hydrogens is 414 g/mol. The molecule has 3 heterocycles. The third-order valence-corrected chi connectivity index (χ3v) is 6.55. The minimum Gasteiger partial charge on any atom is -0.477 e. The van der Waals surface area contributed by atoms with Crippen LogP contribution in [-0.4, -0.2) is 49.5 Å². The number of methoxy groups -OCH3 is 1. The number of nitrogens with zero attached hydrogens (tertiary/aromatic N) is 3. The van der Waals surface area contributed by atoms with Crippen molar-refractivity contribution in [3.63, 3.8) is 0 Å². The first-order chi connectivity index (χ1) is 14.7. The lowest BCUT2D eigenvalue weighted by Crippen LogP contribution is -2.12.